The molecule has 0 unspecified atom stereocenters. The van der Waals surface area contributed by atoms with E-state index in [-0.39, 0.29) is 26.7 Å². The standard InChI is InChI=1S/C6H14N2.NO3.Pt/c7-6(8)4-2-1-3-5-6;2-1(3)4;/h1-5,7-8H2;;/q;-1;. The first-order valence-corrected chi connectivity index (χ1v) is 3.83. The molecular weight excluding hydrogens is 357 g/mol. The first-order valence-electron chi connectivity index (χ1n) is 3.83. The summed E-state index contributed by atoms with van der Waals surface area (Å²) in [6.45, 7) is 0. The van der Waals surface area contributed by atoms with Gasteiger partial charge in [0.1, 0.15) is 0 Å². The molecule has 1 saturated carbocycles. The summed E-state index contributed by atoms with van der Waals surface area (Å²) in [4.78, 5) is 8.25. The van der Waals surface area contributed by atoms with Gasteiger partial charge in [-0.3, -0.25) is 0 Å². The Labute approximate surface area is 91.0 Å². The Balaban J connectivity index is 0. The third-order valence-electron chi connectivity index (χ3n) is 1.78. The van der Waals surface area contributed by atoms with Crippen LogP contribution >= 0.6 is 0 Å². The molecule has 0 heterocycles. The quantitative estimate of drug-likeness (QED) is 0.361. The van der Waals surface area contributed by atoms with Crippen LogP contribution in [0.2, 0.25) is 0 Å². The largest absolute Gasteiger partial charge is 0.356 e. The second-order valence-electron chi connectivity index (χ2n) is 3.02. The van der Waals surface area contributed by atoms with E-state index in [1.807, 2.05) is 0 Å². The number of hydrogen-bond acceptors (Lipinski definition) is 5. The molecule has 0 saturated heterocycles. The SMILES string of the molecule is NC1(N)CCCCC1.O=[N+]([O-])[O-].[Pt]. The maximum absolute atomic E-state index is 8.25. The zero-order chi connectivity index (χ0) is 9.61. The molecule has 0 spiro atoms. The first-order chi connectivity index (χ1) is 5.44. The van der Waals surface area contributed by atoms with Crippen LogP contribution in [-0.2, 0) is 21.1 Å². The second kappa shape index (κ2) is 7.23. The molecule has 1 fully saturated rings. The molecule has 82 valence electrons. The van der Waals surface area contributed by atoms with Crippen molar-refractivity contribution in [2.45, 2.75) is 37.8 Å². The van der Waals surface area contributed by atoms with E-state index >= 15 is 0 Å². The van der Waals surface area contributed by atoms with Gasteiger partial charge in [0.05, 0.1) is 10.7 Å². The van der Waals surface area contributed by atoms with Crippen molar-refractivity contribution in [3.8, 4) is 0 Å². The maximum Gasteiger partial charge on any atom is 0.0689 e. The smallest absolute Gasteiger partial charge is 0.0689 e. The van der Waals surface area contributed by atoms with Crippen LogP contribution in [-0.4, -0.2) is 10.7 Å². The monoisotopic (exact) mass is 371 g/mol. The summed E-state index contributed by atoms with van der Waals surface area (Å²) in [6.07, 6.45) is 5.76. The summed E-state index contributed by atoms with van der Waals surface area (Å²) >= 11 is 0. The number of nitrogens with zero attached hydrogens (tertiary/aromatic N) is 1. The summed E-state index contributed by atoms with van der Waals surface area (Å²) in [5.74, 6) is 0. The minimum absolute atomic E-state index is 0. The third-order valence-corrected chi connectivity index (χ3v) is 1.78. The van der Waals surface area contributed by atoms with E-state index in [0.29, 0.717) is 0 Å². The van der Waals surface area contributed by atoms with Gasteiger partial charge in [0, 0.05) is 21.1 Å². The molecule has 0 aromatic heterocycles. The van der Waals surface area contributed by atoms with E-state index in [9.17, 15) is 0 Å². The van der Waals surface area contributed by atoms with Gasteiger partial charge in [-0.2, -0.15) is 0 Å². The molecule has 1 rings (SSSR count). The van der Waals surface area contributed by atoms with E-state index < -0.39 is 5.09 Å². The fraction of sp³-hybridized carbons (Fsp3) is 1.00. The molecule has 6 nitrogen and oxygen atoms in total. The van der Waals surface area contributed by atoms with E-state index in [1.165, 1.54) is 19.3 Å². The van der Waals surface area contributed by atoms with Crippen molar-refractivity contribution in [1.82, 2.24) is 0 Å². The van der Waals surface area contributed by atoms with Crippen LogP contribution in [0.3, 0.4) is 0 Å². The molecule has 0 atom stereocenters. The Kier molecular flexibility index (Phi) is 8.51. The first kappa shape index (κ1) is 15.3. The van der Waals surface area contributed by atoms with Crippen molar-refractivity contribution in [2.75, 3.05) is 0 Å². The van der Waals surface area contributed by atoms with Gasteiger partial charge in [-0.05, 0) is 12.8 Å². The van der Waals surface area contributed by atoms with Crippen LogP contribution in [0.5, 0.6) is 0 Å². The Bertz CT molecular complexity index is 142. The summed E-state index contributed by atoms with van der Waals surface area (Å²) in [7, 11) is 0. The maximum atomic E-state index is 8.25. The van der Waals surface area contributed by atoms with E-state index in [1.54, 1.807) is 0 Å². The van der Waals surface area contributed by atoms with E-state index in [4.69, 9.17) is 26.8 Å². The topological polar surface area (TPSA) is 118 Å². The van der Waals surface area contributed by atoms with Crippen molar-refractivity contribution >= 4 is 0 Å². The molecule has 1 aliphatic carbocycles. The summed E-state index contributed by atoms with van der Waals surface area (Å²) in [5, 5.41) is 14.8. The Morgan fingerprint density at radius 1 is 1.08 bits per heavy atom. The van der Waals surface area contributed by atoms with Crippen molar-refractivity contribution in [2.24, 2.45) is 11.5 Å². The van der Waals surface area contributed by atoms with Crippen LogP contribution in [0.25, 0.3) is 0 Å². The molecule has 0 aromatic rings. The normalized spacial score (nSPS) is 18.9. The second-order valence-corrected chi connectivity index (χ2v) is 3.02. The van der Waals surface area contributed by atoms with Gasteiger partial charge in [-0.15, -0.1) is 0 Å². The van der Waals surface area contributed by atoms with Crippen LogP contribution in [0.4, 0.5) is 0 Å². The Morgan fingerprint density at radius 3 is 1.54 bits per heavy atom. The van der Waals surface area contributed by atoms with Crippen molar-refractivity contribution < 1.29 is 26.2 Å². The van der Waals surface area contributed by atoms with Gasteiger partial charge in [0.25, 0.3) is 0 Å². The zero-order valence-electron chi connectivity index (χ0n) is 7.18. The molecule has 0 radical (unpaired) electrons. The molecule has 0 aromatic carbocycles. The number of rotatable bonds is 0. The zero-order valence-corrected chi connectivity index (χ0v) is 9.45. The predicted octanol–water partition coefficient (Wildman–Crippen LogP) is 0.323. The Hall–Kier alpha value is -0.192. The molecule has 0 bridgehead atoms. The summed E-state index contributed by atoms with van der Waals surface area (Å²) < 4.78 is 0. The van der Waals surface area contributed by atoms with Crippen LogP contribution in [0.1, 0.15) is 32.1 Å². The summed E-state index contributed by atoms with van der Waals surface area (Å²) in [5.41, 5.74) is 11.0. The van der Waals surface area contributed by atoms with Crippen molar-refractivity contribution in [1.29, 1.82) is 0 Å². The molecule has 7 heteroatoms. The fourth-order valence-electron chi connectivity index (χ4n) is 1.21. The molecular formula is C6H14N3O3Pt-. The molecule has 13 heavy (non-hydrogen) atoms. The minimum atomic E-state index is -1.75. The van der Waals surface area contributed by atoms with Crippen molar-refractivity contribution in [3.63, 3.8) is 0 Å². The Morgan fingerprint density at radius 2 is 1.38 bits per heavy atom. The molecule has 0 aliphatic heterocycles. The average Bonchev–Trinajstić information content (AvgIpc) is 1.85. The van der Waals surface area contributed by atoms with Gasteiger partial charge < -0.3 is 26.8 Å². The van der Waals surface area contributed by atoms with Crippen LogP contribution in [0.15, 0.2) is 0 Å². The van der Waals surface area contributed by atoms with E-state index in [2.05, 4.69) is 0 Å². The molecule has 4 N–H and O–H groups in total. The summed E-state index contributed by atoms with van der Waals surface area (Å²) in [6, 6.07) is 0. The number of nitrogens with two attached hydrogens (primary N) is 2. The predicted molar refractivity (Wildman–Crippen MR) is 44.6 cm³/mol. The minimum Gasteiger partial charge on any atom is -0.356 e. The van der Waals surface area contributed by atoms with E-state index in [0.717, 1.165) is 12.8 Å². The van der Waals surface area contributed by atoms with Gasteiger partial charge in [-0.25, -0.2) is 0 Å². The number of hydrogen-bond donors (Lipinski definition) is 2. The van der Waals surface area contributed by atoms with Gasteiger partial charge in [0.2, 0.25) is 0 Å². The van der Waals surface area contributed by atoms with Crippen LogP contribution < -0.4 is 11.5 Å². The molecule has 0 amide bonds. The van der Waals surface area contributed by atoms with Crippen molar-refractivity contribution in [3.05, 3.63) is 15.3 Å². The molecule has 1 aliphatic rings. The average molecular weight is 371 g/mol. The van der Waals surface area contributed by atoms with Gasteiger partial charge in [-0.1, -0.05) is 19.3 Å². The fourth-order valence-corrected chi connectivity index (χ4v) is 1.21. The van der Waals surface area contributed by atoms with Crippen LogP contribution in [0, 0.1) is 15.3 Å². The van der Waals surface area contributed by atoms with Gasteiger partial charge in [0.15, 0.2) is 0 Å². The van der Waals surface area contributed by atoms with Gasteiger partial charge >= 0.3 is 0 Å². The third kappa shape index (κ3) is 11.8.